The van der Waals surface area contributed by atoms with Gasteiger partial charge in [-0.25, -0.2) is 9.97 Å². The molecular weight excluding hydrogens is 342 g/mol. The average Bonchev–Trinajstić information content (AvgIpc) is 2.62. The highest BCUT2D eigenvalue weighted by atomic mass is 33.1. The van der Waals surface area contributed by atoms with Crippen LogP contribution in [-0.2, 0) is 6.42 Å². The van der Waals surface area contributed by atoms with Crippen LogP contribution in [0.15, 0.2) is 53.9 Å². The number of piperidine rings is 1. The van der Waals surface area contributed by atoms with Gasteiger partial charge in [-0.15, -0.1) is 0 Å². The number of hydrogen-bond donors (Lipinski definition) is 0. The predicted molar refractivity (Wildman–Crippen MR) is 103 cm³/mol. The van der Waals surface area contributed by atoms with Gasteiger partial charge in [-0.05, 0) is 58.4 Å². The Morgan fingerprint density at radius 2 is 1.78 bits per heavy atom. The molecule has 3 nitrogen and oxygen atoms in total. The Bertz CT molecular complexity index is 613. The molecule has 6 heteroatoms. The van der Waals surface area contributed by atoms with Crippen LogP contribution >= 0.6 is 33.8 Å². The molecule has 0 unspecified atom stereocenters. The van der Waals surface area contributed by atoms with E-state index in [2.05, 4.69) is 45.2 Å². The van der Waals surface area contributed by atoms with E-state index in [1.54, 1.807) is 23.2 Å². The maximum absolute atomic E-state index is 5.55. The van der Waals surface area contributed by atoms with Crippen molar-refractivity contribution in [1.82, 2.24) is 14.9 Å². The molecule has 0 atom stereocenters. The van der Waals surface area contributed by atoms with Crippen molar-refractivity contribution in [3.63, 3.8) is 0 Å². The summed E-state index contributed by atoms with van der Waals surface area (Å²) in [7, 11) is 3.13. The van der Waals surface area contributed by atoms with Gasteiger partial charge in [0.2, 0.25) is 0 Å². The fourth-order valence-corrected chi connectivity index (χ4v) is 4.86. The third-order valence-electron chi connectivity index (χ3n) is 3.97. The van der Waals surface area contributed by atoms with Gasteiger partial charge < -0.3 is 4.90 Å². The largest absolute Gasteiger partial charge is 0.357 e. The second-order valence-corrected chi connectivity index (χ2v) is 8.31. The number of aromatic nitrogens is 2. The molecule has 3 rings (SSSR count). The van der Waals surface area contributed by atoms with E-state index < -0.39 is 0 Å². The van der Waals surface area contributed by atoms with Crippen molar-refractivity contribution < 1.29 is 0 Å². The van der Waals surface area contributed by atoms with E-state index in [1.807, 2.05) is 6.07 Å². The number of hydrogen-bond acceptors (Lipinski definition) is 5. The maximum Gasteiger partial charge on any atom is 0.198 e. The average molecular weight is 362 g/mol. The third kappa shape index (κ3) is 5.19. The van der Waals surface area contributed by atoms with Gasteiger partial charge in [-0.3, -0.25) is 0 Å². The number of benzene rings is 1. The molecule has 120 valence electrons. The zero-order chi connectivity index (χ0) is 15.9. The lowest BCUT2D eigenvalue weighted by Gasteiger charge is -2.33. The summed E-state index contributed by atoms with van der Waals surface area (Å²) in [6, 6.07) is 12.6. The van der Waals surface area contributed by atoms with E-state index in [0.717, 1.165) is 28.5 Å². The highest BCUT2D eigenvalue weighted by Gasteiger charge is 2.21. The van der Waals surface area contributed by atoms with Crippen molar-refractivity contribution in [2.75, 3.05) is 13.1 Å². The van der Waals surface area contributed by atoms with Gasteiger partial charge >= 0.3 is 0 Å². The van der Waals surface area contributed by atoms with Gasteiger partial charge in [0.15, 0.2) is 5.16 Å². The summed E-state index contributed by atoms with van der Waals surface area (Å²) in [6.45, 7) is 2.11. The Labute approximate surface area is 150 Å². The predicted octanol–water partition coefficient (Wildman–Crippen LogP) is 4.46. The van der Waals surface area contributed by atoms with Crippen LogP contribution in [0.4, 0.5) is 0 Å². The lowest BCUT2D eigenvalue weighted by Crippen LogP contribution is -2.36. The summed E-state index contributed by atoms with van der Waals surface area (Å²) < 4.78 is 0.945. The first-order valence-electron chi connectivity index (χ1n) is 7.75. The van der Waals surface area contributed by atoms with Crippen LogP contribution in [-0.4, -0.2) is 32.3 Å². The lowest BCUT2D eigenvalue weighted by molar-refractivity contribution is 0.272. The molecule has 1 aliphatic heterocycles. The molecule has 1 aromatic carbocycles. The zero-order valence-corrected chi connectivity index (χ0v) is 15.2. The minimum absolute atomic E-state index is 0.763. The highest BCUT2D eigenvalue weighted by Crippen LogP contribution is 2.32. The van der Waals surface area contributed by atoms with Crippen LogP contribution in [0.2, 0.25) is 0 Å². The van der Waals surface area contributed by atoms with Crippen LogP contribution < -0.4 is 0 Å². The quantitative estimate of drug-likeness (QED) is 0.454. The van der Waals surface area contributed by atoms with Crippen LogP contribution in [0.25, 0.3) is 0 Å². The van der Waals surface area contributed by atoms with Crippen molar-refractivity contribution in [2.45, 2.75) is 24.4 Å². The van der Waals surface area contributed by atoms with E-state index in [4.69, 9.17) is 12.2 Å². The highest BCUT2D eigenvalue weighted by molar-refractivity contribution is 8.83. The van der Waals surface area contributed by atoms with Crippen molar-refractivity contribution >= 4 is 38.1 Å². The fraction of sp³-hybridized carbons (Fsp3) is 0.353. The SMILES string of the molecule is S=C(SSc1ncccn1)N1CCC(Cc2ccccc2)CC1. The first-order valence-corrected chi connectivity index (χ1v) is 10.3. The number of rotatable bonds is 4. The van der Waals surface area contributed by atoms with Gasteiger partial charge in [0, 0.05) is 25.5 Å². The van der Waals surface area contributed by atoms with Crippen molar-refractivity contribution in [3.8, 4) is 0 Å². The first-order chi connectivity index (χ1) is 11.3. The summed E-state index contributed by atoms with van der Waals surface area (Å²) >= 11 is 5.55. The smallest absolute Gasteiger partial charge is 0.198 e. The molecule has 2 aromatic rings. The summed E-state index contributed by atoms with van der Waals surface area (Å²) in [6.07, 6.45) is 7.12. The zero-order valence-electron chi connectivity index (χ0n) is 12.8. The normalized spacial score (nSPS) is 15.6. The maximum atomic E-state index is 5.55. The number of likely N-dealkylation sites (tertiary alicyclic amines) is 1. The minimum atomic E-state index is 0.763. The standard InChI is InChI=1S/C17H19N3S3/c21-17(23-22-16-18-9-4-10-19-16)20-11-7-15(8-12-20)13-14-5-2-1-3-6-14/h1-6,9-10,15H,7-8,11-13H2. The van der Waals surface area contributed by atoms with E-state index in [1.165, 1.54) is 35.6 Å². The summed E-state index contributed by atoms with van der Waals surface area (Å²) in [5, 5.41) is 0.763. The Kier molecular flexibility index (Phi) is 6.30. The van der Waals surface area contributed by atoms with Gasteiger partial charge in [-0.2, -0.15) is 0 Å². The van der Waals surface area contributed by atoms with Gasteiger partial charge in [0.1, 0.15) is 4.32 Å². The number of nitrogens with zero attached hydrogens (tertiary/aromatic N) is 3. The van der Waals surface area contributed by atoms with Crippen LogP contribution in [0.5, 0.6) is 0 Å². The van der Waals surface area contributed by atoms with Crippen molar-refractivity contribution in [1.29, 1.82) is 0 Å². The second kappa shape index (κ2) is 8.66. The van der Waals surface area contributed by atoms with Gasteiger partial charge in [0.25, 0.3) is 0 Å². The van der Waals surface area contributed by atoms with Crippen LogP contribution in [0.3, 0.4) is 0 Å². The Hall–Kier alpha value is -1.11. The number of thiocarbonyl (C=S) groups is 1. The molecule has 1 fully saturated rings. The Balaban J connectivity index is 1.42. The molecule has 23 heavy (non-hydrogen) atoms. The minimum Gasteiger partial charge on any atom is -0.357 e. The molecule has 0 radical (unpaired) electrons. The fourth-order valence-electron chi connectivity index (χ4n) is 2.72. The molecule has 0 bridgehead atoms. The molecule has 0 spiro atoms. The van der Waals surface area contributed by atoms with E-state index in [9.17, 15) is 0 Å². The Morgan fingerprint density at radius 3 is 2.48 bits per heavy atom. The lowest BCUT2D eigenvalue weighted by atomic mass is 9.90. The molecule has 0 N–H and O–H groups in total. The molecular formula is C17H19N3S3. The first kappa shape index (κ1) is 16.7. The van der Waals surface area contributed by atoms with Crippen molar-refractivity contribution in [3.05, 3.63) is 54.4 Å². The Morgan fingerprint density at radius 1 is 1.09 bits per heavy atom. The topological polar surface area (TPSA) is 29.0 Å². The third-order valence-corrected chi connectivity index (χ3v) is 6.81. The summed E-state index contributed by atoms with van der Waals surface area (Å²) in [5.41, 5.74) is 1.44. The van der Waals surface area contributed by atoms with E-state index in [-0.39, 0.29) is 0 Å². The molecule has 1 aromatic heterocycles. The van der Waals surface area contributed by atoms with Crippen LogP contribution in [0.1, 0.15) is 18.4 Å². The van der Waals surface area contributed by atoms with Crippen molar-refractivity contribution in [2.24, 2.45) is 5.92 Å². The summed E-state index contributed by atoms with van der Waals surface area (Å²) in [5.74, 6) is 0.770. The molecule has 0 saturated carbocycles. The van der Waals surface area contributed by atoms with E-state index in [0.29, 0.717) is 0 Å². The molecule has 0 amide bonds. The van der Waals surface area contributed by atoms with E-state index >= 15 is 0 Å². The second-order valence-electron chi connectivity index (χ2n) is 5.58. The summed E-state index contributed by atoms with van der Waals surface area (Å²) in [4.78, 5) is 10.7. The molecule has 0 aliphatic carbocycles. The molecule has 1 saturated heterocycles. The molecule has 2 heterocycles. The molecule has 1 aliphatic rings. The monoisotopic (exact) mass is 361 g/mol. The van der Waals surface area contributed by atoms with Crippen LogP contribution in [0, 0.1) is 5.92 Å². The van der Waals surface area contributed by atoms with Gasteiger partial charge in [0.05, 0.1) is 0 Å². The van der Waals surface area contributed by atoms with Gasteiger partial charge in [-0.1, -0.05) is 42.5 Å².